The van der Waals surface area contributed by atoms with Crippen LogP contribution in [0, 0.1) is 0 Å². The van der Waals surface area contributed by atoms with Crippen LogP contribution < -0.4 is 10.6 Å². The molecule has 0 aliphatic carbocycles. The van der Waals surface area contributed by atoms with Crippen LogP contribution in [-0.4, -0.2) is 37.7 Å². The lowest BCUT2D eigenvalue weighted by molar-refractivity contribution is -0.137. The fraction of sp³-hybridized carbons (Fsp3) is 0.588. The van der Waals surface area contributed by atoms with E-state index in [4.69, 9.17) is 4.74 Å². The van der Waals surface area contributed by atoms with E-state index >= 15 is 0 Å². The van der Waals surface area contributed by atoms with Crippen molar-refractivity contribution in [1.29, 1.82) is 0 Å². The zero-order valence-corrected chi connectivity index (χ0v) is 14.0. The third-order valence-electron chi connectivity index (χ3n) is 4.27. The maximum absolute atomic E-state index is 12.9. The van der Waals surface area contributed by atoms with Crippen molar-refractivity contribution >= 4 is 5.91 Å². The van der Waals surface area contributed by atoms with Gasteiger partial charge in [-0.1, -0.05) is 32.0 Å². The molecule has 7 heteroatoms. The predicted molar refractivity (Wildman–Crippen MR) is 84.7 cm³/mol. The van der Waals surface area contributed by atoms with E-state index in [0.717, 1.165) is 12.1 Å². The summed E-state index contributed by atoms with van der Waals surface area (Å²) in [6.07, 6.45) is -4.62. The van der Waals surface area contributed by atoms with Crippen LogP contribution >= 0.6 is 0 Å². The molecule has 24 heavy (non-hydrogen) atoms. The van der Waals surface area contributed by atoms with Crippen LogP contribution in [0.2, 0.25) is 0 Å². The number of carbonyl (C=O) groups excluding carboxylic acids is 1. The van der Waals surface area contributed by atoms with Crippen molar-refractivity contribution in [2.24, 2.45) is 0 Å². The third-order valence-corrected chi connectivity index (χ3v) is 4.27. The number of carbonyl (C=O) groups is 1. The van der Waals surface area contributed by atoms with Crippen LogP contribution in [0.5, 0.6) is 0 Å². The van der Waals surface area contributed by atoms with Crippen molar-refractivity contribution in [2.75, 3.05) is 19.7 Å². The van der Waals surface area contributed by atoms with Gasteiger partial charge >= 0.3 is 6.18 Å². The molecule has 1 saturated heterocycles. The molecule has 0 saturated carbocycles. The Balaban J connectivity index is 2.04. The zero-order chi connectivity index (χ0) is 18.0. The fourth-order valence-electron chi connectivity index (χ4n) is 2.66. The Hall–Kier alpha value is -1.60. The van der Waals surface area contributed by atoms with Crippen molar-refractivity contribution < 1.29 is 22.7 Å². The van der Waals surface area contributed by atoms with Gasteiger partial charge < -0.3 is 15.4 Å². The molecule has 1 aliphatic rings. The summed E-state index contributed by atoms with van der Waals surface area (Å²) in [7, 11) is 0. The summed E-state index contributed by atoms with van der Waals surface area (Å²) < 4.78 is 44.0. The van der Waals surface area contributed by atoms with Crippen molar-refractivity contribution in [2.45, 2.75) is 44.5 Å². The molecule has 2 N–H and O–H groups in total. The Morgan fingerprint density at radius 3 is 2.62 bits per heavy atom. The Morgan fingerprint density at radius 1 is 1.33 bits per heavy atom. The van der Waals surface area contributed by atoms with E-state index in [2.05, 4.69) is 10.6 Å². The van der Waals surface area contributed by atoms with Gasteiger partial charge in [-0.15, -0.1) is 0 Å². The van der Waals surface area contributed by atoms with E-state index in [1.807, 2.05) is 6.92 Å². The Bertz CT molecular complexity index is 587. The number of hydrogen-bond acceptors (Lipinski definition) is 3. The number of amides is 1. The molecule has 1 aromatic rings. The lowest BCUT2D eigenvalue weighted by atomic mass is 9.83. The molecule has 0 bridgehead atoms. The fourth-order valence-corrected chi connectivity index (χ4v) is 2.66. The number of morpholine rings is 1. The first-order valence-electron chi connectivity index (χ1n) is 7.92. The molecule has 0 radical (unpaired) electrons. The van der Waals surface area contributed by atoms with Gasteiger partial charge in [0.05, 0.1) is 18.3 Å². The maximum atomic E-state index is 12.9. The highest BCUT2D eigenvalue weighted by molar-refractivity contribution is 5.82. The number of halogens is 3. The van der Waals surface area contributed by atoms with Gasteiger partial charge in [0, 0.05) is 18.5 Å². The first-order valence-corrected chi connectivity index (χ1v) is 7.92. The maximum Gasteiger partial charge on any atom is 0.416 e. The van der Waals surface area contributed by atoms with Crippen LogP contribution in [-0.2, 0) is 21.1 Å². The molecule has 1 amide bonds. The molecular weight excluding hydrogens is 321 g/mol. The number of alkyl halides is 3. The van der Waals surface area contributed by atoms with Crippen molar-refractivity contribution in [1.82, 2.24) is 10.6 Å². The summed E-state index contributed by atoms with van der Waals surface area (Å²) >= 11 is 0. The quantitative estimate of drug-likeness (QED) is 0.882. The van der Waals surface area contributed by atoms with Crippen LogP contribution in [0.15, 0.2) is 24.3 Å². The molecule has 1 heterocycles. The minimum atomic E-state index is -4.38. The van der Waals surface area contributed by atoms with Crippen molar-refractivity contribution in [3.8, 4) is 0 Å². The topological polar surface area (TPSA) is 50.4 Å². The first-order chi connectivity index (χ1) is 11.1. The predicted octanol–water partition coefficient (Wildman–Crippen LogP) is 2.48. The lowest BCUT2D eigenvalue weighted by Gasteiger charge is -2.31. The number of benzene rings is 1. The molecule has 2 atom stereocenters. The van der Waals surface area contributed by atoms with E-state index < -0.39 is 23.2 Å². The highest BCUT2D eigenvalue weighted by atomic mass is 19.4. The average molecular weight is 344 g/mol. The van der Waals surface area contributed by atoms with Crippen molar-refractivity contribution in [3.05, 3.63) is 35.4 Å². The van der Waals surface area contributed by atoms with Gasteiger partial charge in [-0.3, -0.25) is 4.79 Å². The minimum absolute atomic E-state index is 0.206. The summed E-state index contributed by atoms with van der Waals surface area (Å²) in [6.45, 7) is 6.81. The highest BCUT2D eigenvalue weighted by Gasteiger charge is 2.33. The molecule has 1 fully saturated rings. The summed E-state index contributed by atoms with van der Waals surface area (Å²) in [6, 6.07) is 4.77. The van der Waals surface area contributed by atoms with Crippen LogP contribution in [0.1, 0.15) is 31.9 Å². The number of nitrogens with one attached hydrogen (secondary N) is 2. The molecule has 4 nitrogen and oxygen atoms in total. The molecule has 2 rings (SSSR count). The van der Waals surface area contributed by atoms with Crippen LogP contribution in [0.3, 0.4) is 0 Å². The van der Waals surface area contributed by atoms with Gasteiger partial charge in [0.1, 0.15) is 6.04 Å². The van der Waals surface area contributed by atoms with Gasteiger partial charge in [-0.2, -0.15) is 13.2 Å². The molecule has 1 aliphatic heterocycles. The number of hydrogen-bond donors (Lipinski definition) is 2. The second-order valence-electron chi connectivity index (χ2n) is 6.69. The second-order valence-corrected chi connectivity index (χ2v) is 6.69. The first kappa shape index (κ1) is 18.7. The standard InChI is InChI=1S/C17H23F3N2O2/c1-11-14(21-7-8-24-11)15(23)22-10-16(2,3)12-5-4-6-13(9-12)17(18,19)20/h4-6,9,11,14,21H,7-8,10H2,1-3H3,(H,22,23)/t11-,14+/m1/s1. The summed E-state index contributed by atoms with van der Waals surface area (Å²) in [5.41, 5.74) is -0.788. The summed E-state index contributed by atoms with van der Waals surface area (Å²) in [4.78, 5) is 12.3. The Morgan fingerprint density at radius 2 is 2.00 bits per heavy atom. The highest BCUT2D eigenvalue weighted by Crippen LogP contribution is 2.32. The summed E-state index contributed by atoms with van der Waals surface area (Å²) in [5.74, 6) is -0.206. The van der Waals surface area contributed by atoms with Gasteiger partial charge in [-0.25, -0.2) is 0 Å². The monoisotopic (exact) mass is 344 g/mol. The van der Waals surface area contributed by atoms with E-state index in [0.29, 0.717) is 18.7 Å². The third kappa shape index (κ3) is 4.48. The normalized spacial score (nSPS) is 22.2. The second kappa shape index (κ2) is 7.11. The van der Waals surface area contributed by atoms with E-state index in [1.165, 1.54) is 6.07 Å². The van der Waals surface area contributed by atoms with E-state index in [-0.39, 0.29) is 18.6 Å². The summed E-state index contributed by atoms with van der Waals surface area (Å²) in [5, 5.41) is 5.90. The molecule has 1 aromatic carbocycles. The van der Waals surface area contributed by atoms with Gasteiger partial charge in [0.2, 0.25) is 5.91 Å². The van der Waals surface area contributed by atoms with Gasteiger partial charge in [0.25, 0.3) is 0 Å². The minimum Gasteiger partial charge on any atom is -0.375 e. The van der Waals surface area contributed by atoms with E-state index in [9.17, 15) is 18.0 Å². The van der Waals surface area contributed by atoms with E-state index in [1.54, 1.807) is 19.9 Å². The molecule has 0 unspecified atom stereocenters. The Labute approximate surface area is 139 Å². The van der Waals surface area contributed by atoms with Crippen LogP contribution in [0.4, 0.5) is 13.2 Å². The largest absolute Gasteiger partial charge is 0.416 e. The molecule has 0 spiro atoms. The Kier molecular flexibility index (Phi) is 5.55. The molecular formula is C17H23F3N2O2. The molecule has 134 valence electrons. The zero-order valence-electron chi connectivity index (χ0n) is 14.0. The number of ether oxygens (including phenoxy) is 1. The van der Waals surface area contributed by atoms with Crippen LogP contribution in [0.25, 0.3) is 0 Å². The lowest BCUT2D eigenvalue weighted by Crippen LogP contribution is -2.56. The van der Waals surface area contributed by atoms with Gasteiger partial charge in [0.15, 0.2) is 0 Å². The molecule has 0 aromatic heterocycles. The van der Waals surface area contributed by atoms with Gasteiger partial charge in [-0.05, 0) is 18.6 Å². The SMILES string of the molecule is C[C@H]1OCCN[C@@H]1C(=O)NCC(C)(C)c1cccc(C(F)(F)F)c1. The van der Waals surface area contributed by atoms with Crippen molar-refractivity contribution in [3.63, 3.8) is 0 Å². The smallest absolute Gasteiger partial charge is 0.375 e. The number of rotatable bonds is 4. The average Bonchev–Trinajstić information content (AvgIpc) is 2.52.